The molecule has 0 spiro atoms. The van der Waals surface area contributed by atoms with Gasteiger partial charge < -0.3 is 58.5 Å². The molecule has 0 aromatic heterocycles. The van der Waals surface area contributed by atoms with Gasteiger partial charge in [-0.2, -0.15) is 0 Å². The SMILES string of the molecule is CCC1OC(=O)CC(O)C(C)C(OC2OC(C)C(O)C(N(C)C)C2O)C(C)CC(C)C(=O)/C=C/C(C)=C/C1COC1OC(C)C(O)C(OC)C1OC. The topological polar surface area (TPSA) is 183 Å². The molecule has 3 aliphatic rings. The normalized spacial score (nSPS) is 44.9. The summed E-state index contributed by atoms with van der Waals surface area (Å²) >= 11 is 0. The summed E-state index contributed by atoms with van der Waals surface area (Å²) in [5, 5.41) is 44.0. The van der Waals surface area contributed by atoms with Crippen molar-refractivity contribution in [2.75, 3.05) is 34.9 Å². The van der Waals surface area contributed by atoms with E-state index in [1.54, 1.807) is 45.8 Å². The van der Waals surface area contributed by atoms with E-state index in [1.165, 1.54) is 20.3 Å². The van der Waals surface area contributed by atoms with Crippen LogP contribution in [-0.4, -0.2) is 152 Å². The van der Waals surface area contributed by atoms with E-state index in [1.807, 2.05) is 33.8 Å². The van der Waals surface area contributed by atoms with Gasteiger partial charge >= 0.3 is 5.97 Å². The van der Waals surface area contributed by atoms with Crippen LogP contribution < -0.4 is 0 Å². The second-order valence-corrected chi connectivity index (χ2v) is 15.2. The molecule has 2 saturated heterocycles. The number of nitrogens with zero attached hydrogens (tertiary/aromatic N) is 1. The Bertz CT molecular complexity index is 1200. The summed E-state index contributed by atoms with van der Waals surface area (Å²) in [4.78, 5) is 28.6. The average molecular weight is 744 g/mol. The molecule has 0 saturated carbocycles. The van der Waals surface area contributed by atoms with E-state index in [-0.39, 0.29) is 24.7 Å². The van der Waals surface area contributed by atoms with Gasteiger partial charge in [0, 0.05) is 32.0 Å². The zero-order chi connectivity index (χ0) is 39.0. The van der Waals surface area contributed by atoms with E-state index in [0.717, 1.165) is 5.57 Å². The fourth-order valence-corrected chi connectivity index (χ4v) is 7.62. The van der Waals surface area contributed by atoms with Crippen molar-refractivity contribution < 1.29 is 63.2 Å². The molecular weight excluding hydrogens is 678 g/mol. The van der Waals surface area contributed by atoms with Gasteiger partial charge in [0.05, 0.1) is 49.6 Å². The Labute approximate surface area is 309 Å². The summed E-state index contributed by atoms with van der Waals surface area (Å²) in [7, 11) is 6.46. The number of rotatable bonds is 9. The first-order valence-electron chi connectivity index (χ1n) is 18.6. The van der Waals surface area contributed by atoms with Gasteiger partial charge in [-0.25, -0.2) is 0 Å². The Morgan fingerprint density at radius 2 is 1.46 bits per heavy atom. The molecule has 300 valence electrons. The molecule has 0 aromatic rings. The molecule has 3 heterocycles. The first kappa shape index (κ1) is 44.6. The highest BCUT2D eigenvalue weighted by atomic mass is 16.7. The second-order valence-electron chi connectivity index (χ2n) is 15.2. The van der Waals surface area contributed by atoms with E-state index >= 15 is 0 Å². The minimum Gasteiger partial charge on any atom is -0.462 e. The van der Waals surface area contributed by atoms with E-state index < -0.39 is 103 Å². The molecule has 0 aromatic carbocycles. The minimum absolute atomic E-state index is 0.0439. The Balaban J connectivity index is 1.90. The molecule has 0 amide bonds. The monoisotopic (exact) mass is 743 g/mol. The molecule has 3 rings (SSSR count). The van der Waals surface area contributed by atoms with Crippen LogP contribution in [0.5, 0.6) is 0 Å². The number of methoxy groups -OCH3 is 2. The second kappa shape index (κ2) is 20.2. The fraction of sp³-hybridized carbons (Fsp3) is 0.842. The van der Waals surface area contributed by atoms with E-state index in [0.29, 0.717) is 12.8 Å². The van der Waals surface area contributed by atoms with Crippen LogP contribution in [0.25, 0.3) is 0 Å². The summed E-state index contributed by atoms with van der Waals surface area (Å²) in [6.45, 7) is 12.7. The highest BCUT2D eigenvalue weighted by Crippen LogP contribution is 2.33. The van der Waals surface area contributed by atoms with E-state index in [9.17, 15) is 30.0 Å². The molecule has 52 heavy (non-hydrogen) atoms. The van der Waals surface area contributed by atoms with Crippen molar-refractivity contribution in [1.29, 1.82) is 0 Å². The summed E-state index contributed by atoms with van der Waals surface area (Å²) < 4.78 is 41.7. The lowest BCUT2D eigenvalue weighted by molar-refractivity contribution is -0.304. The van der Waals surface area contributed by atoms with Crippen LogP contribution in [0.4, 0.5) is 0 Å². The summed E-state index contributed by atoms with van der Waals surface area (Å²) in [5.41, 5.74) is 0.750. The Morgan fingerprint density at radius 1 is 0.846 bits per heavy atom. The number of ether oxygens (including phenoxy) is 7. The molecular formula is C38H65NO13. The lowest BCUT2D eigenvalue weighted by atomic mass is 9.82. The molecule has 3 aliphatic heterocycles. The van der Waals surface area contributed by atoms with Crippen molar-refractivity contribution in [1.82, 2.24) is 4.90 Å². The lowest BCUT2D eigenvalue weighted by Gasteiger charge is -2.46. The standard InChI is InChI=1S/C38H65NO13/c1-12-28-25(18-48-38-36(47-11)35(46-10)32(44)24(7)50-38)15-19(2)13-14-26(40)20(3)16-21(4)34(22(5)27(41)17-29(42)51-28)52-37-33(45)30(39(8)9)31(43)23(6)49-37/h13-15,20-25,27-28,30-38,41,43-45H,12,16-18H2,1-11H3/b14-13+,19-15+. The maximum absolute atomic E-state index is 13.5. The molecule has 0 radical (unpaired) electrons. The number of cyclic esters (lactones) is 1. The summed E-state index contributed by atoms with van der Waals surface area (Å²) in [5.74, 6) is -2.56. The van der Waals surface area contributed by atoms with Gasteiger partial charge in [-0.1, -0.05) is 45.4 Å². The Hall–Kier alpha value is -1.82. The minimum atomic E-state index is -1.21. The van der Waals surface area contributed by atoms with Gasteiger partial charge in [-0.05, 0) is 59.7 Å². The van der Waals surface area contributed by atoms with Gasteiger partial charge in [0.2, 0.25) is 0 Å². The first-order chi connectivity index (χ1) is 24.4. The average Bonchev–Trinajstić information content (AvgIpc) is 3.09. The van der Waals surface area contributed by atoms with Crippen molar-refractivity contribution in [2.24, 2.45) is 23.7 Å². The molecule has 14 nitrogen and oxygen atoms in total. The zero-order valence-electron chi connectivity index (χ0n) is 32.8. The summed E-state index contributed by atoms with van der Waals surface area (Å²) in [6, 6.07) is -0.670. The number of aliphatic hydroxyl groups is 4. The highest BCUT2D eigenvalue weighted by Gasteiger charge is 2.47. The molecule has 4 N–H and O–H groups in total. The predicted octanol–water partition coefficient (Wildman–Crippen LogP) is 1.99. The van der Waals surface area contributed by atoms with Crippen molar-refractivity contribution in [3.8, 4) is 0 Å². The smallest absolute Gasteiger partial charge is 0.308 e. The molecule has 2 fully saturated rings. The molecule has 0 bridgehead atoms. The van der Waals surface area contributed by atoms with Gasteiger partial charge in [0.15, 0.2) is 18.4 Å². The van der Waals surface area contributed by atoms with Crippen LogP contribution >= 0.6 is 0 Å². The van der Waals surface area contributed by atoms with E-state index in [2.05, 4.69) is 0 Å². The number of esters is 1. The van der Waals surface area contributed by atoms with Crippen LogP contribution in [0.15, 0.2) is 23.8 Å². The van der Waals surface area contributed by atoms with Crippen LogP contribution in [0.3, 0.4) is 0 Å². The van der Waals surface area contributed by atoms with Crippen LogP contribution in [0.1, 0.15) is 67.7 Å². The number of carbonyl (C=O) groups excluding carboxylic acids is 2. The number of carbonyl (C=O) groups is 2. The quantitative estimate of drug-likeness (QED) is 0.252. The van der Waals surface area contributed by atoms with Gasteiger partial charge in [-0.3, -0.25) is 9.59 Å². The lowest BCUT2D eigenvalue weighted by Crippen LogP contribution is -2.63. The third-order valence-corrected chi connectivity index (χ3v) is 10.9. The van der Waals surface area contributed by atoms with Crippen molar-refractivity contribution in [3.05, 3.63) is 23.8 Å². The van der Waals surface area contributed by atoms with Gasteiger partial charge in [0.1, 0.15) is 30.5 Å². The third kappa shape index (κ3) is 11.1. The van der Waals surface area contributed by atoms with Crippen LogP contribution in [-0.2, 0) is 42.7 Å². The Kier molecular flexibility index (Phi) is 17.3. The van der Waals surface area contributed by atoms with Crippen LogP contribution in [0.2, 0.25) is 0 Å². The van der Waals surface area contributed by atoms with Crippen molar-refractivity contribution in [2.45, 2.75) is 147 Å². The highest BCUT2D eigenvalue weighted by molar-refractivity contribution is 5.91. The first-order valence-corrected chi connectivity index (χ1v) is 18.6. The van der Waals surface area contributed by atoms with Gasteiger partial charge in [0.25, 0.3) is 0 Å². The van der Waals surface area contributed by atoms with E-state index in [4.69, 9.17) is 33.2 Å². The zero-order valence-corrected chi connectivity index (χ0v) is 32.8. The summed E-state index contributed by atoms with van der Waals surface area (Å²) in [6.07, 6.45) is -4.78. The molecule has 17 unspecified atom stereocenters. The largest absolute Gasteiger partial charge is 0.462 e. The van der Waals surface area contributed by atoms with Crippen LogP contribution in [0, 0.1) is 23.7 Å². The third-order valence-electron chi connectivity index (χ3n) is 10.9. The maximum atomic E-state index is 13.5. The fourth-order valence-electron chi connectivity index (χ4n) is 7.62. The number of allylic oxidation sites excluding steroid dienone is 3. The number of hydrogen-bond acceptors (Lipinski definition) is 14. The molecule has 17 atom stereocenters. The number of likely N-dealkylation sites (N-methyl/N-ethyl adjacent to an activating group) is 1. The van der Waals surface area contributed by atoms with Crippen molar-refractivity contribution >= 4 is 11.8 Å². The molecule has 0 aliphatic carbocycles. The van der Waals surface area contributed by atoms with Gasteiger partial charge in [-0.15, -0.1) is 0 Å². The number of ketones is 1. The number of aliphatic hydroxyl groups excluding tert-OH is 4. The number of hydrogen-bond donors (Lipinski definition) is 4. The Morgan fingerprint density at radius 3 is 2.06 bits per heavy atom. The molecule has 14 heteroatoms. The predicted molar refractivity (Wildman–Crippen MR) is 191 cm³/mol. The maximum Gasteiger partial charge on any atom is 0.308 e. The van der Waals surface area contributed by atoms with Crippen molar-refractivity contribution in [3.63, 3.8) is 0 Å².